The van der Waals surface area contributed by atoms with Gasteiger partial charge in [0.1, 0.15) is 18.2 Å². The molecule has 1 aromatic carbocycles. The summed E-state index contributed by atoms with van der Waals surface area (Å²) in [4.78, 5) is 4.35. The molecule has 0 spiro atoms. The smallest absolute Gasteiger partial charge is 0.132 e. The van der Waals surface area contributed by atoms with E-state index in [1.54, 1.807) is 6.20 Å². The summed E-state index contributed by atoms with van der Waals surface area (Å²) >= 11 is 5.99. The third kappa shape index (κ3) is 3.87. The van der Waals surface area contributed by atoms with Gasteiger partial charge in [-0.05, 0) is 37.1 Å². The second-order valence-electron chi connectivity index (χ2n) is 4.64. The zero-order chi connectivity index (χ0) is 14.4. The van der Waals surface area contributed by atoms with Crippen LogP contribution in [0, 0.1) is 6.92 Å². The van der Waals surface area contributed by atoms with Gasteiger partial charge in [-0.1, -0.05) is 30.7 Å². The Labute approximate surface area is 124 Å². The van der Waals surface area contributed by atoms with Crippen molar-refractivity contribution in [3.63, 3.8) is 0 Å². The summed E-state index contributed by atoms with van der Waals surface area (Å²) in [7, 11) is 0. The summed E-state index contributed by atoms with van der Waals surface area (Å²) in [5.74, 6) is 1.69. The molecule has 0 unspecified atom stereocenters. The van der Waals surface area contributed by atoms with Crippen LogP contribution in [0.25, 0.3) is 0 Å². The van der Waals surface area contributed by atoms with E-state index in [0.717, 1.165) is 35.7 Å². The summed E-state index contributed by atoms with van der Waals surface area (Å²) in [6.45, 7) is 5.51. The third-order valence-corrected chi connectivity index (χ3v) is 3.20. The van der Waals surface area contributed by atoms with Crippen LogP contribution in [0.15, 0.2) is 36.5 Å². The van der Waals surface area contributed by atoms with Gasteiger partial charge in [-0.2, -0.15) is 0 Å². The van der Waals surface area contributed by atoms with Crippen molar-refractivity contribution < 1.29 is 4.74 Å². The van der Waals surface area contributed by atoms with E-state index in [1.807, 2.05) is 37.3 Å². The fraction of sp³-hybridized carbons (Fsp3) is 0.312. The highest BCUT2D eigenvalue weighted by Gasteiger charge is 2.05. The molecule has 20 heavy (non-hydrogen) atoms. The van der Waals surface area contributed by atoms with Crippen molar-refractivity contribution in [1.29, 1.82) is 0 Å². The summed E-state index contributed by atoms with van der Waals surface area (Å²) in [6, 6.07) is 9.59. The van der Waals surface area contributed by atoms with E-state index >= 15 is 0 Å². The molecule has 4 heteroatoms. The summed E-state index contributed by atoms with van der Waals surface area (Å²) < 4.78 is 5.86. The van der Waals surface area contributed by atoms with Crippen LogP contribution < -0.4 is 10.1 Å². The van der Waals surface area contributed by atoms with Crippen molar-refractivity contribution in [2.24, 2.45) is 0 Å². The molecular weight excluding hydrogens is 272 g/mol. The van der Waals surface area contributed by atoms with Crippen LogP contribution in [0.1, 0.15) is 24.5 Å². The van der Waals surface area contributed by atoms with Crippen LogP contribution in [0.5, 0.6) is 5.75 Å². The van der Waals surface area contributed by atoms with Crippen LogP contribution >= 0.6 is 11.6 Å². The highest BCUT2D eigenvalue weighted by molar-refractivity contribution is 6.30. The molecule has 2 aromatic rings. The molecule has 0 saturated heterocycles. The van der Waals surface area contributed by atoms with Gasteiger partial charge in [-0.25, -0.2) is 4.98 Å². The molecule has 0 fully saturated rings. The molecule has 1 heterocycles. The van der Waals surface area contributed by atoms with E-state index in [4.69, 9.17) is 16.3 Å². The van der Waals surface area contributed by atoms with Crippen molar-refractivity contribution >= 4 is 17.4 Å². The monoisotopic (exact) mass is 290 g/mol. The van der Waals surface area contributed by atoms with E-state index in [-0.39, 0.29) is 0 Å². The second-order valence-corrected chi connectivity index (χ2v) is 5.07. The van der Waals surface area contributed by atoms with Gasteiger partial charge in [0.05, 0.1) is 0 Å². The average Bonchev–Trinajstić information content (AvgIpc) is 2.47. The van der Waals surface area contributed by atoms with Crippen molar-refractivity contribution in [3.8, 4) is 5.75 Å². The van der Waals surface area contributed by atoms with Gasteiger partial charge in [0.2, 0.25) is 0 Å². The molecule has 0 atom stereocenters. The SMILES string of the molecule is CCCNc1ncccc1COc1cc(Cl)ccc1C. The molecule has 106 valence electrons. The van der Waals surface area contributed by atoms with Gasteiger partial charge in [0.25, 0.3) is 0 Å². The zero-order valence-electron chi connectivity index (χ0n) is 11.8. The number of nitrogens with zero attached hydrogens (tertiary/aromatic N) is 1. The number of halogens is 1. The number of nitrogens with one attached hydrogen (secondary N) is 1. The Hall–Kier alpha value is -1.74. The quantitative estimate of drug-likeness (QED) is 0.854. The number of hydrogen-bond acceptors (Lipinski definition) is 3. The lowest BCUT2D eigenvalue weighted by atomic mass is 10.2. The van der Waals surface area contributed by atoms with Gasteiger partial charge in [0, 0.05) is 23.3 Å². The van der Waals surface area contributed by atoms with Gasteiger partial charge in [0.15, 0.2) is 0 Å². The molecule has 0 aliphatic heterocycles. The number of hydrogen-bond donors (Lipinski definition) is 1. The first kappa shape index (κ1) is 14.7. The molecule has 0 radical (unpaired) electrons. The number of ether oxygens (including phenoxy) is 1. The Bertz CT molecular complexity index is 572. The maximum absolute atomic E-state index is 5.99. The van der Waals surface area contributed by atoms with E-state index < -0.39 is 0 Å². The maximum atomic E-state index is 5.99. The zero-order valence-corrected chi connectivity index (χ0v) is 12.6. The fourth-order valence-corrected chi connectivity index (χ4v) is 2.00. The standard InChI is InChI=1S/C16H19ClN2O/c1-3-8-18-16-13(5-4-9-19-16)11-20-15-10-14(17)7-6-12(15)2/h4-7,9-10H,3,8,11H2,1-2H3,(H,18,19). The lowest BCUT2D eigenvalue weighted by Crippen LogP contribution is -2.07. The highest BCUT2D eigenvalue weighted by Crippen LogP contribution is 2.24. The topological polar surface area (TPSA) is 34.2 Å². The first-order valence-electron chi connectivity index (χ1n) is 6.77. The molecular formula is C16H19ClN2O. The van der Waals surface area contributed by atoms with Crippen molar-refractivity contribution in [3.05, 3.63) is 52.7 Å². The number of rotatable bonds is 6. The van der Waals surface area contributed by atoms with Crippen LogP contribution in [0.4, 0.5) is 5.82 Å². The number of benzene rings is 1. The van der Waals surface area contributed by atoms with E-state index in [1.165, 1.54) is 0 Å². The van der Waals surface area contributed by atoms with Crippen LogP contribution in [-0.4, -0.2) is 11.5 Å². The van der Waals surface area contributed by atoms with E-state index in [0.29, 0.717) is 11.6 Å². The molecule has 3 nitrogen and oxygen atoms in total. The minimum atomic E-state index is 0.473. The Balaban J connectivity index is 2.08. The largest absolute Gasteiger partial charge is 0.488 e. The summed E-state index contributed by atoms with van der Waals surface area (Å²) in [6.07, 6.45) is 2.84. The van der Waals surface area contributed by atoms with E-state index in [2.05, 4.69) is 17.2 Å². The average molecular weight is 291 g/mol. The normalized spacial score (nSPS) is 10.3. The van der Waals surface area contributed by atoms with Gasteiger partial charge < -0.3 is 10.1 Å². The minimum absolute atomic E-state index is 0.473. The Morgan fingerprint density at radius 3 is 2.95 bits per heavy atom. The highest BCUT2D eigenvalue weighted by atomic mass is 35.5. The molecule has 0 aliphatic carbocycles. The Morgan fingerprint density at radius 2 is 2.15 bits per heavy atom. The molecule has 1 N–H and O–H groups in total. The van der Waals surface area contributed by atoms with E-state index in [9.17, 15) is 0 Å². The molecule has 0 amide bonds. The van der Waals surface area contributed by atoms with Gasteiger partial charge in [-0.3, -0.25) is 0 Å². The Morgan fingerprint density at radius 1 is 1.30 bits per heavy atom. The van der Waals surface area contributed by atoms with Gasteiger partial charge >= 0.3 is 0 Å². The number of aryl methyl sites for hydroxylation is 1. The fourth-order valence-electron chi connectivity index (χ4n) is 1.84. The third-order valence-electron chi connectivity index (χ3n) is 2.97. The molecule has 1 aromatic heterocycles. The van der Waals surface area contributed by atoms with Crippen molar-refractivity contribution in [2.75, 3.05) is 11.9 Å². The maximum Gasteiger partial charge on any atom is 0.132 e. The van der Waals surface area contributed by atoms with Gasteiger partial charge in [-0.15, -0.1) is 0 Å². The number of aromatic nitrogens is 1. The van der Waals surface area contributed by atoms with Crippen LogP contribution in [0.2, 0.25) is 5.02 Å². The first-order chi connectivity index (χ1) is 9.70. The summed E-state index contributed by atoms with van der Waals surface area (Å²) in [5.41, 5.74) is 2.11. The number of pyridine rings is 1. The lowest BCUT2D eigenvalue weighted by molar-refractivity contribution is 0.304. The lowest BCUT2D eigenvalue weighted by Gasteiger charge is -2.13. The molecule has 2 rings (SSSR count). The Kier molecular flexibility index (Phi) is 5.24. The molecule has 0 aliphatic rings. The molecule has 0 bridgehead atoms. The second kappa shape index (κ2) is 7.15. The predicted molar refractivity (Wildman–Crippen MR) is 83.5 cm³/mol. The van der Waals surface area contributed by atoms with Crippen LogP contribution in [-0.2, 0) is 6.61 Å². The first-order valence-corrected chi connectivity index (χ1v) is 7.15. The molecule has 0 saturated carbocycles. The van der Waals surface area contributed by atoms with Crippen molar-refractivity contribution in [1.82, 2.24) is 4.98 Å². The number of anilines is 1. The van der Waals surface area contributed by atoms with Crippen molar-refractivity contribution in [2.45, 2.75) is 26.9 Å². The minimum Gasteiger partial charge on any atom is -0.488 e. The summed E-state index contributed by atoms with van der Waals surface area (Å²) in [5, 5.41) is 3.99. The van der Waals surface area contributed by atoms with Crippen LogP contribution in [0.3, 0.4) is 0 Å². The predicted octanol–water partition coefficient (Wildman–Crippen LogP) is 4.44.